The highest BCUT2D eigenvalue weighted by atomic mass is 16.6. The summed E-state index contributed by atoms with van der Waals surface area (Å²) in [6.07, 6.45) is 1.32. The van der Waals surface area contributed by atoms with E-state index in [1.165, 1.54) is 41.8 Å². The number of nitrogens with one attached hydrogen (secondary N) is 2. The van der Waals surface area contributed by atoms with E-state index in [-0.39, 0.29) is 30.6 Å². The molecule has 0 rings (SSSR count). The fraction of sp³-hybridized carbons (Fsp3) is 0.750. The molecule has 12 nitrogen and oxygen atoms in total. The number of carbonyl (C=O) groups is 5. The van der Waals surface area contributed by atoms with Crippen LogP contribution in [0.15, 0.2) is 0 Å². The number of methoxy groups -OCH3 is 5. The van der Waals surface area contributed by atoms with Crippen LogP contribution in [0.25, 0.3) is 0 Å². The second-order valence-electron chi connectivity index (χ2n) is 5.18. The lowest BCUT2D eigenvalue weighted by atomic mass is 10.4. The quantitative estimate of drug-likeness (QED) is 0.236. The summed E-state index contributed by atoms with van der Waals surface area (Å²) in [5.41, 5.74) is 0. The highest BCUT2D eigenvalue weighted by molar-refractivity contribution is 5.96. The zero-order valence-corrected chi connectivity index (χ0v) is 21.1. The Morgan fingerprint density at radius 3 is 1.03 bits per heavy atom. The third kappa shape index (κ3) is 50.7. The van der Waals surface area contributed by atoms with Crippen LogP contribution in [0.4, 0.5) is 0 Å². The van der Waals surface area contributed by atoms with Gasteiger partial charge in [0.25, 0.3) is 0 Å². The van der Waals surface area contributed by atoms with Crippen molar-refractivity contribution in [2.24, 2.45) is 0 Å². The summed E-state index contributed by atoms with van der Waals surface area (Å²) in [5, 5.41) is 4.66. The van der Waals surface area contributed by atoms with Crippen LogP contribution in [0.5, 0.6) is 0 Å². The molecule has 12 heteroatoms. The van der Waals surface area contributed by atoms with E-state index in [9.17, 15) is 24.0 Å². The van der Waals surface area contributed by atoms with E-state index in [0.717, 1.165) is 0 Å². The van der Waals surface area contributed by atoms with Gasteiger partial charge in [0.15, 0.2) is 0 Å². The van der Waals surface area contributed by atoms with Gasteiger partial charge in [-0.3, -0.25) is 24.0 Å². The van der Waals surface area contributed by atoms with Crippen molar-refractivity contribution >= 4 is 29.7 Å². The first kappa shape index (κ1) is 39.7. The van der Waals surface area contributed by atoms with Crippen molar-refractivity contribution < 1.29 is 47.7 Å². The highest BCUT2D eigenvalue weighted by Crippen LogP contribution is 1.85. The molecular weight excluding hydrogens is 428 g/mol. The molecule has 0 aromatic heterocycles. The van der Waals surface area contributed by atoms with Crippen molar-refractivity contribution in [1.29, 1.82) is 0 Å². The van der Waals surface area contributed by atoms with Gasteiger partial charge in [-0.2, -0.15) is 0 Å². The molecule has 0 aliphatic heterocycles. The molecule has 0 unspecified atom stereocenters. The Kier molecular flexibility index (Phi) is 44.3. The first-order chi connectivity index (χ1) is 15.0. The van der Waals surface area contributed by atoms with Crippen LogP contribution < -0.4 is 10.6 Å². The zero-order valence-electron chi connectivity index (χ0n) is 21.1. The van der Waals surface area contributed by atoms with E-state index >= 15 is 0 Å². The standard InChI is InChI=1S/C5H10N2O2.C5H8O4.C4H8O2.C3H8O2.C3H8/c1-6-4(8)3-5(9)7-2;1-8-4(6)3-5(7)9-2;1-3-4(5)6-2;1-4-3-5-2;1-3-2/h3H2,1-2H3,(H,6,8)(H,7,9);3H2,1-2H3;3H2,1-2H3;3H2,1-2H3;3H2,1-2H3. The predicted octanol–water partition coefficient (Wildman–Crippen LogP) is 0.813. The van der Waals surface area contributed by atoms with E-state index in [4.69, 9.17) is 0 Å². The lowest BCUT2D eigenvalue weighted by Gasteiger charge is -1.96. The van der Waals surface area contributed by atoms with Crippen molar-refractivity contribution in [1.82, 2.24) is 10.6 Å². The van der Waals surface area contributed by atoms with E-state index < -0.39 is 11.9 Å². The minimum absolute atomic E-state index is 0.0903. The van der Waals surface area contributed by atoms with Gasteiger partial charge < -0.3 is 34.3 Å². The number of ether oxygens (including phenoxy) is 5. The second kappa shape index (κ2) is 35.7. The average Bonchev–Trinajstić information content (AvgIpc) is 2.80. The fourth-order valence-corrected chi connectivity index (χ4v) is 0.847. The molecule has 0 aromatic rings. The van der Waals surface area contributed by atoms with Gasteiger partial charge in [0, 0.05) is 34.7 Å². The Hall–Kier alpha value is -2.73. The second-order valence-corrected chi connectivity index (χ2v) is 5.18. The summed E-state index contributed by atoms with van der Waals surface area (Å²) in [4.78, 5) is 51.3. The van der Waals surface area contributed by atoms with E-state index in [2.05, 4.69) is 48.2 Å². The maximum Gasteiger partial charge on any atom is 0.316 e. The van der Waals surface area contributed by atoms with Crippen molar-refractivity contribution in [3.63, 3.8) is 0 Å². The molecule has 0 saturated heterocycles. The van der Waals surface area contributed by atoms with Crippen LogP contribution >= 0.6 is 0 Å². The molecule has 0 radical (unpaired) electrons. The molecule has 2 N–H and O–H groups in total. The molecule has 0 saturated carbocycles. The minimum Gasteiger partial charge on any atom is -0.469 e. The Morgan fingerprint density at radius 2 is 0.906 bits per heavy atom. The zero-order chi connectivity index (χ0) is 26.4. The summed E-state index contributed by atoms with van der Waals surface area (Å²) < 4.78 is 21.6. The van der Waals surface area contributed by atoms with Crippen LogP contribution in [0.3, 0.4) is 0 Å². The van der Waals surface area contributed by atoms with Gasteiger partial charge in [-0.25, -0.2) is 0 Å². The molecule has 2 amide bonds. The molecule has 192 valence electrons. The normalized spacial score (nSPS) is 7.94. The van der Waals surface area contributed by atoms with Crippen molar-refractivity contribution in [2.75, 3.05) is 56.4 Å². The van der Waals surface area contributed by atoms with Gasteiger partial charge in [0.05, 0.1) is 21.3 Å². The van der Waals surface area contributed by atoms with Crippen LogP contribution in [0.1, 0.15) is 46.5 Å². The molecule has 0 atom stereocenters. The smallest absolute Gasteiger partial charge is 0.316 e. The average molecular weight is 471 g/mol. The molecule has 32 heavy (non-hydrogen) atoms. The number of hydrogen-bond donors (Lipinski definition) is 2. The van der Waals surface area contributed by atoms with Crippen LogP contribution in [-0.2, 0) is 47.7 Å². The largest absolute Gasteiger partial charge is 0.469 e. The topological polar surface area (TPSA) is 156 Å². The molecule has 0 fully saturated rings. The van der Waals surface area contributed by atoms with Gasteiger partial charge in [-0.15, -0.1) is 0 Å². The predicted molar refractivity (Wildman–Crippen MR) is 119 cm³/mol. The van der Waals surface area contributed by atoms with Gasteiger partial charge >= 0.3 is 17.9 Å². The SMILES string of the molecule is CCC.CCC(=O)OC.CNC(=O)CC(=O)NC.COC(=O)CC(=O)OC.COCOC. The summed E-state index contributed by atoms with van der Waals surface area (Å²) in [7, 11) is 9.96. The molecule has 0 spiro atoms. The van der Waals surface area contributed by atoms with Crippen molar-refractivity contribution in [3.8, 4) is 0 Å². The Balaban J connectivity index is -0.0000000995. The fourth-order valence-electron chi connectivity index (χ4n) is 0.847. The van der Waals surface area contributed by atoms with Crippen LogP contribution in [0, 0.1) is 0 Å². The van der Waals surface area contributed by atoms with Crippen LogP contribution in [-0.4, -0.2) is 86.2 Å². The van der Waals surface area contributed by atoms with E-state index in [0.29, 0.717) is 13.2 Å². The Bertz CT molecular complexity index is 405. The summed E-state index contributed by atoms with van der Waals surface area (Å²) in [6, 6.07) is 0. The maximum absolute atomic E-state index is 10.4. The van der Waals surface area contributed by atoms with Crippen molar-refractivity contribution in [3.05, 3.63) is 0 Å². The first-order valence-corrected chi connectivity index (χ1v) is 9.64. The molecular formula is C20H42N2O10. The summed E-state index contributed by atoms with van der Waals surface area (Å²) in [6.45, 7) is 6.39. The summed E-state index contributed by atoms with van der Waals surface area (Å²) in [5.74, 6) is -1.86. The number of hydrogen-bond acceptors (Lipinski definition) is 10. The monoisotopic (exact) mass is 470 g/mol. The molecule has 0 heterocycles. The molecule has 0 aliphatic rings. The van der Waals surface area contributed by atoms with Gasteiger partial charge in [0.1, 0.15) is 19.6 Å². The van der Waals surface area contributed by atoms with Gasteiger partial charge in [-0.05, 0) is 0 Å². The highest BCUT2D eigenvalue weighted by Gasteiger charge is 2.07. The number of rotatable bonds is 7. The molecule has 0 bridgehead atoms. The van der Waals surface area contributed by atoms with E-state index in [1.54, 1.807) is 21.1 Å². The first-order valence-electron chi connectivity index (χ1n) is 9.64. The molecule has 0 aromatic carbocycles. The Morgan fingerprint density at radius 1 is 0.594 bits per heavy atom. The third-order valence-electron chi connectivity index (χ3n) is 2.37. The lowest BCUT2D eigenvalue weighted by Crippen LogP contribution is -2.27. The molecule has 0 aliphatic carbocycles. The van der Waals surface area contributed by atoms with Gasteiger partial charge in [0.2, 0.25) is 11.8 Å². The third-order valence-corrected chi connectivity index (χ3v) is 2.37. The number of esters is 3. The minimum atomic E-state index is -0.582. The van der Waals surface area contributed by atoms with Crippen LogP contribution in [0.2, 0.25) is 0 Å². The lowest BCUT2D eigenvalue weighted by molar-refractivity contribution is -0.151. The van der Waals surface area contributed by atoms with Crippen molar-refractivity contribution in [2.45, 2.75) is 46.5 Å². The number of carbonyl (C=O) groups excluding carboxylic acids is 5. The van der Waals surface area contributed by atoms with Gasteiger partial charge in [-0.1, -0.05) is 27.2 Å². The maximum atomic E-state index is 10.4. The van der Waals surface area contributed by atoms with E-state index in [1.807, 2.05) is 0 Å². The Labute approximate surface area is 191 Å². The number of amides is 2. The summed E-state index contributed by atoms with van der Waals surface area (Å²) >= 11 is 0.